The number of nitrogens with zero attached hydrogens (tertiary/aromatic N) is 3. The highest BCUT2D eigenvalue weighted by Crippen LogP contribution is 2.29. The van der Waals surface area contributed by atoms with Crippen LogP contribution in [0.15, 0.2) is 53.3 Å². The summed E-state index contributed by atoms with van der Waals surface area (Å²) in [6, 6.07) is 17.1. The second-order valence-electron chi connectivity index (χ2n) is 6.18. The van der Waals surface area contributed by atoms with Crippen molar-refractivity contribution in [2.45, 2.75) is 13.2 Å². The minimum Gasteiger partial charge on any atom is -0.493 e. The number of methoxy groups -OCH3 is 1. The lowest BCUT2D eigenvalue weighted by molar-refractivity contribution is -0.0512. The number of benzene rings is 2. The molecule has 31 heavy (non-hydrogen) atoms. The van der Waals surface area contributed by atoms with Crippen molar-refractivity contribution in [3.63, 3.8) is 0 Å². The van der Waals surface area contributed by atoms with Gasteiger partial charge in [0.1, 0.15) is 16.8 Å². The largest absolute Gasteiger partial charge is 0.493 e. The first kappa shape index (κ1) is 21.8. The minimum absolute atomic E-state index is 0.0803. The first-order valence-corrected chi connectivity index (χ1v) is 9.71. The molecule has 3 aromatic rings. The Balaban J connectivity index is 2.17. The molecule has 0 saturated heterocycles. The molecule has 0 aliphatic rings. The third-order valence-electron chi connectivity index (χ3n) is 4.23. The Bertz CT molecular complexity index is 1330. The van der Waals surface area contributed by atoms with Crippen LogP contribution in [-0.2, 0) is 6.54 Å². The zero-order valence-corrected chi connectivity index (χ0v) is 17.0. The Morgan fingerprint density at radius 3 is 2.48 bits per heavy atom. The van der Waals surface area contributed by atoms with E-state index in [4.69, 9.17) is 4.74 Å². The van der Waals surface area contributed by atoms with Gasteiger partial charge in [-0.1, -0.05) is 36.4 Å². The van der Waals surface area contributed by atoms with Gasteiger partial charge in [-0.3, -0.25) is 9.36 Å². The minimum atomic E-state index is -3.00. The Kier molecular flexibility index (Phi) is 6.81. The summed E-state index contributed by atoms with van der Waals surface area (Å²) in [6.07, 6.45) is 1.54. The molecule has 0 saturated carbocycles. The van der Waals surface area contributed by atoms with Crippen molar-refractivity contribution in [3.8, 4) is 23.6 Å². The smallest absolute Gasteiger partial charge is 0.387 e. The van der Waals surface area contributed by atoms with Crippen LogP contribution in [0.4, 0.5) is 8.78 Å². The van der Waals surface area contributed by atoms with E-state index in [9.17, 15) is 24.1 Å². The predicted molar refractivity (Wildman–Crippen MR) is 111 cm³/mol. The summed E-state index contributed by atoms with van der Waals surface area (Å²) in [7, 11) is 1.31. The maximum Gasteiger partial charge on any atom is 0.387 e. The number of hydrogen-bond donors (Lipinski definition) is 0. The molecule has 0 atom stereocenters. The quantitative estimate of drug-likeness (QED) is 0.589. The molecule has 0 spiro atoms. The van der Waals surface area contributed by atoms with Crippen molar-refractivity contribution < 1.29 is 18.3 Å². The predicted octanol–water partition coefficient (Wildman–Crippen LogP) is 2.59. The van der Waals surface area contributed by atoms with Gasteiger partial charge in [-0.25, -0.2) is 0 Å². The SMILES string of the molecule is COc1cc(/C=c2\sc(=C(C#N)C#N)n(Cc3ccccc3)c2=O)ccc1OC(F)F. The lowest BCUT2D eigenvalue weighted by atomic mass is 10.2. The van der Waals surface area contributed by atoms with Gasteiger partial charge in [-0.15, -0.1) is 11.3 Å². The molecule has 1 aromatic heterocycles. The van der Waals surface area contributed by atoms with Gasteiger partial charge < -0.3 is 9.47 Å². The van der Waals surface area contributed by atoms with Crippen LogP contribution in [0.2, 0.25) is 0 Å². The monoisotopic (exact) mass is 439 g/mol. The fraction of sp³-hybridized carbons (Fsp3) is 0.136. The summed E-state index contributed by atoms with van der Waals surface area (Å²) in [4.78, 5) is 13.1. The van der Waals surface area contributed by atoms with E-state index in [0.29, 0.717) is 5.56 Å². The average Bonchev–Trinajstić information content (AvgIpc) is 3.06. The molecule has 9 heteroatoms. The summed E-state index contributed by atoms with van der Waals surface area (Å²) in [5.74, 6) is -0.0515. The maximum absolute atomic E-state index is 13.1. The van der Waals surface area contributed by atoms with E-state index in [1.807, 2.05) is 42.5 Å². The second-order valence-corrected chi connectivity index (χ2v) is 7.21. The molecule has 0 amide bonds. The van der Waals surface area contributed by atoms with Gasteiger partial charge in [-0.05, 0) is 29.3 Å². The first-order chi connectivity index (χ1) is 15.0. The van der Waals surface area contributed by atoms with Crippen molar-refractivity contribution in [2.24, 2.45) is 0 Å². The van der Waals surface area contributed by atoms with Crippen LogP contribution < -0.4 is 24.2 Å². The van der Waals surface area contributed by atoms with Crippen LogP contribution in [-0.4, -0.2) is 18.3 Å². The molecular formula is C22H15F2N3O3S. The van der Waals surface area contributed by atoms with E-state index < -0.39 is 6.61 Å². The Morgan fingerprint density at radius 2 is 1.87 bits per heavy atom. The van der Waals surface area contributed by atoms with Gasteiger partial charge in [0.05, 0.1) is 18.2 Å². The molecule has 2 aromatic carbocycles. The number of aromatic nitrogens is 1. The third kappa shape index (κ3) is 4.97. The Hall–Kier alpha value is -3.95. The van der Waals surface area contributed by atoms with Gasteiger partial charge in [-0.2, -0.15) is 19.3 Å². The van der Waals surface area contributed by atoms with Crippen molar-refractivity contribution in [1.82, 2.24) is 4.57 Å². The Labute approximate surface area is 179 Å². The van der Waals surface area contributed by atoms with Crippen molar-refractivity contribution >= 4 is 23.0 Å². The Morgan fingerprint density at radius 1 is 1.16 bits per heavy atom. The summed E-state index contributed by atoms with van der Waals surface area (Å²) in [5, 5.41) is 18.6. The molecule has 6 nitrogen and oxygen atoms in total. The summed E-state index contributed by atoms with van der Waals surface area (Å²) < 4.78 is 36.4. The van der Waals surface area contributed by atoms with Crippen molar-refractivity contribution in [3.05, 3.63) is 79.2 Å². The van der Waals surface area contributed by atoms with Gasteiger partial charge in [0.25, 0.3) is 5.56 Å². The number of thiazole rings is 1. The molecule has 0 N–H and O–H groups in total. The number of ether oxygens (including phenoxy) is 2. The van der Waals surface area contributed by atoms with E-state index >= 15 is 0 Å². The molecule has 0 unspecified atom stereocenters. The highest BCUT2D eigenvalue weighted by atomic mass is 32.1. The molecule has 0 aliphatic carbocycles. The standard InChI is InChI=1S/C22H15F2N3O3S/c1-29-18-9-15(7-8-17(18)30-22(23)24)10-19-20(28)27(13-14-5-3-2-4-6-14)21(31-19)16(11-25)12-26/h2-10,22H,13H2,1H3/b19-10-. The number of rotatable bonds is 6. The van der Waals surface area contributed by atoms with Crippen LogP contribution in [0, 0.1) is 22.7 Å². The van der Waals surface area contributed by atoms with Crippen molar-refractivity contribution in [2.75, 3.05) is 7.11 Å². The molecule has 3 rings (SSSR count). The van der Waals surface area contributed by atoms with E-state index in [-0.39, 0.29) is 38.4 Å². The fourth-order valence-corrected chi connectivity index (χ4v) is 3.91. The number of halogens is 2. The van der Waals surface area contributed by atoms with Crippen LogP contribution in [0.3, 0.4) is 0 Å². The lowest BCUT2D eigenvalue weighted by Crippen LogP contribution is -2.32. The number of hydrogen-bond acceptors (Lipinski definition) is 6. The third-order valence-corrected chi connectivity index (χ3v) is 5.36. The fourth-order valence-electron chi connectivity index (χ4n) is 2.85. The van der Waals surface area contributed by atoms with Crippen LogP contribution in [0.5, 0.6) is 11.5 Å². The van der Waals surface area contributed by atoms with Crippen LogP contribution in [0.1, 0.15) is 11.1 Å². The lowest BCUT2D eigenvalue weighted by Gasteiger charge is -2.09. The van der Waals surface area contributed by atoms with Crippen molar-refractivity contribution in [1.29, 1.82) is 10.5 Å². The summed E-state index contributed by atoms with van der Waals surface area (Å²) in [5.41, 5.74) is 0.793. The molecular weight excluding hydrogens is 424 g/mol. The molecule has 0 fully saturated rings. The van der Waals surface area contributed by atoms with Crippen LogP contribution >= 0.6 is 11.3 Å². The summed E-state index contributed by atoms with van der Waals surface area (Å²) >= 11 is 1.01. The van der Waals surface area contributed by atoms with E-state index in [1.165, 1.54) is 29.9 Å². The molecule has 0 radical (unpaired) electrons. The zero-order valence-electron chi connectivity index (χ0n) is 16.2. The number of nitriles is 2. The van der Waals surface area contributed by atoms with Gasteiger partial charge in [0.15, 0.2) is 17.1 Å². The van der Waals surface area contributed by atoms with E-state index in [0.717, 1.165) is 16.9 Å². The van der Waals surface area contributed by atoms with Gasteiger partial charge in [0, 0.05) is 0 Å². The normalized spacial score (nSPS) is 11.1. The van der Waals surface area contributed by atoms with Gasteiger partial charge in [0.2, 0.25) is 0 Å². The molecule has 156 valence electrons. The second kappa shape index (κ2) is 9.70. The highest BCUT2D eigenvalue weighted by molar-refractivity contribution is 7.07. The molecule has 1 heterocycles. The average molecular weight is 439 g/mol. The topological polar surface area (TPSA) is 88.0 Å². The summed E-state index contributed by atoms with van der Waals surface area (Å²) in [6.45, 7) is -2.81. The first-order valence-electron chi connectivity index (χ1n) is 8.89. The number of alkyl halides is 2. The van der Waals surface area contributed by atoms with E-state index in [2.05, 4.69) is 4.74 Å². The molecule has 0 bridgehead atoms. The van der Waals surface area contributed by atoms with Crippen LogP contribution in [0.25, 0.3) is 11.6 Å². The zero-order chi connectivity index (χ0) is 22.4. The van der Waals surface area contributed by atoms with E-state index in [1.54, 1.807) is 6.08 Å². The highest BCUT2D eigenvalue weighted by Gasteiger charge is 2.12. The molecule has 0 aliphatic heterocycles. The van der Waals surface area contributed by atoms with Gasteiger partial charge >= 0.3 is 6.61 Å². The maximum atomic E-state index is 13.1.